The Balaban J connectivity index is 1.94. The molecule has 0 spiro atoms. The highest BCUT2D eigenvalue weighted by atomic mass is 16.5. The number of hydrogen-bond acceptors (Lipinski definition) is 5. The maximum Gasteiger partial charge on any atom is 0.273 e. The van der Waals surface area contributed by atoms with Crippen LogP contribution >= 0.6 is 0 Å². The second-order valence-corrected chi connectivity index (χ2v) is 5.17. The molecule has 1 N–H and O–H groups in total. The first-order valence-electron chi connectivity index (χ1n) is 6.47. The highest BCUT2D eigenvalue weighted by Gasteiger charge is 2.30. The van der Waals surface area contributed by atoms with E-state index in [4.69, 9.17) is 14.0 Å². The summed E-state index contributed by atoms with van der Waals surface area (Å²) in [4.78, 5) is 12.0. The molecule has 0 saturated carbocycles. The van der Waals surface area contributed by atoms with E-state index < -0.39 is 0 Å². The number of aromatic nitrogens is 1. The van der Waals surface area contributed by atoms with Gasteiger partial charge in [0.1, 0.15) is 11.9 Å². The van der Waals surface area contributed by atoms with Crippen molar-refractivity contribution in [3.8, 4) is 0 Å². The molecular formula is C13H20N2O4. The second-order valence-electron chi connectivity index (χ2n) is 5.17. The molecule has 0 aromatic carbocycles. The Morgan fingerprint density at radius 1 is 1.58 bits per heavy atom. The highest BCUT2D eigenvalue weighted by molar-refractivity contribution is 5.92. The summed E-state index contributed by atoms with van der Waals surface area (Å²) in [6.45, 7) is 5.13. The zero-order chi connectivity index (χ0) is 13.8. The zero-order valence-corrected chi connectivity index (χ0v) is 11.5. The van der Waals surface area contributed by atoms with E-state index in [-0.39, 0.29) is 18.1 Å². The minimum absolute atomic E-state index is 0.106. The summed E-state index contributed by atoms with van der Waals surface area (Å²) >= 11 is 0. The fraction of sp³-hybridized carbons (Fsp3) is 0.692. The quantitative estimate of drug-likeness (QED) is 0.863. The maximum absolute atomic E-state index is 12.0. The van der Waals surface area contributed by atoms with Gasteiger partial charge in [-0.1, -0.05) is 19.0 Å². The SMILES string of the molecule is CO[C@@H]1COC[C@H]1NC(=O)c1cc(CC(C)C)on1. The summed E-state index contributed by atoms with van der Waals surface area (Å²) in [7, 11) is 1.61. The Labute approximate surface area is 112 Å². The van der Waals surface area contributed by atoms with Crippen molar-refractivity contribution in [2.75, 3.05) is 20.3 Å². The van der Waals surface area contributed by atoms with Crippen LogP contribution in [0.2, 0.25) is 0 Å². The molecule has 106 valence electrons. The average Bonchev–Trinajstić information content (AvgIpc) is 2.97. The average molecular weight is 268 g/mol. The Morgan fingerprint density at radius 2 is 2.37 bits per heavy atom. The monoisotopic (exact) mass is 268 g/mol. The van der Waals surface area contributed by atoms with Gasteiger partial charge in [-0.2, -0.15) is 0 Å². The van der Waals surface area contributed by atoms with Crippen molar-refractivity contribution in [3.63, 3.8) is 0 Å². The Hall–Kier alpha value is -1.40. The maximum atomic E-state index is 12.0. The molecule has 1 aromatic heterocycles. The van der Waals surface area contributed by atoms with Gasteiger partial charge in [0, 0.05) is 19.6 Å². The van der Waals surface area contributed by atoms with E-state index in [2.05, 4.69) is 24.3 Å². The number of nitrogens with zero attached hydrogens (tertiary/aromatic N) is 1. The summed E-state index contributed by atoms with van der Waals surface area (Å²) < 4.78 is 15.6. The van der Waals surface area contributed by atoms with Crippen molar-refractivity contribution in [1.29, 1.82) is 0 Å². The summed E-state index contributed by atoms with van der Waals surface area (Å²) in [5.41, 5.74) is 0.303. The van der Waals surface area contributed by atoms with E-state index in [1.165, 1.54) is 0 Å². The Kier molecular flexibility index (Phi) is 4.55. The van der Waals surface area contributed by atoms with Gasteiger partial charge in [-0.15, -0.1) is 0 Å². The number of methoxy groups -OCH3 is 1. The zero-order valence-electron chi connectivity index (χ0n) is 11.5. The van der Waals surface area contributed by atoms with Gasteiger partial charge in [-0.25, -0.2) is 0 Å². The fourth-order valence-corrected chi connectivity index (χ4v) is 2.06. The molecule has 0 radical (unpaired) electrons. The lowest BCUT2D eigenvalue weighted by atomic mass is 10.1. The standard InChI is InChI=1S/C13H20N2O4/c1-8(2)4-9-5-10(15-19-9)13(16)14-11-6-18-7-12(11)17-3/h5,8,11-12H,4,6-7H2,1-3H3,(H,14,16)/t11-,12-/m1/s1. The van der Waals surface area contributed by atoms with Crippen LogP contribution < -0.4 is 5.32 Å². The predicted molar refractivity (Wildman–Crippen MR) is 67.9 cm³/mol. The fourth-order valence-electron chi connectivity index (χ4n) is 2.06. The molecule has 0 unspecified atom stereocenters. The lowest BCUT2D eigenvalue weighted by Gasteiger charge is -2.16. The van der Waals surface area contributed by atoms with Gasteiger partial charge in [0.15, 0.2) is 5.69 Å². The van der Waals surface area contributed by atoms with E-state index in [9.17, 15) is 4.79 Å². The predicted octanol–water partition coefficient (Wildman–Crippen LogP) is 1.02. The summed E-state index contributed by atoms with van der Waals surface area (Å²) in [6.07, 6.45) is 0.666. The van der Waals surface area contributed by atoms with Gasteiger partial charge in [-0.05, 0) is 5.92 Å². The molecule has 0 bridgehead atoms. The van der Waals surface area contributed by atoms with E-state index >= 15 is 0 Å². The summed E-state index contributed by atoms with van der Waals surface area (Å²) in [5.74, 6) is 0.937. The molecular weight excluding hydrogens is 248 g/mol. The van der Waals surface area contributed by atoms with E-state index in [0.29, 0.717) is 24.8 Å². The number of carbonyl (C=O) groups excluding carboxylic acids is 1. The van der Waals surface area contributed by atoms with Crippen LogP contribution in [-0.4, -0.2) is 43.5 Å². The third-order valence-corrected chi connectivity index (χ3v) is 3.05. The molecule has 0 aliphatic carbocycles. The van der Waals surface area contributed by atoms with Crippen LogP contribution in [0.15, 0.2) is 10.6 Å². The van der Waals surface area contributed by atoms with Gasteiger partial charge in [0.25, 0.3) is 5.91 Å². The van der Waals surface area contributed by atoms with Crippen LogP contribution in [0.4, 0.5) is 0 Å². The largest absolute Gasteiger partial charge is 0.377 e. The van der Waals surface area contributed by atoms with Gasteiger partial charge in [0.05, 0.1) is 19.3 Å². The number of ether oxygens (including phenoxy) is 2. The first kappa shape index (κ1) is 14.0. The van der Waals surface area contributed by atoms with Crippen molar-refractivity contribution in [1.82, 2.24) is 10.5 Å². The van der Waals surface area contributed by atoms with Crippen molar-refractivity contribution < 1.29 is 18.8 Å². The van der Waals surface area contributed by atoms with Crippen LogP contribution in [0.1, 0.15) is 30.1 Å². The van der Waals surface area contributed by atoms with Crippen LogP contribution in [0.5, 0.6) is 0 Å². The number of carbonyl (C=O) groups is 1. The number of rotatable bonds is 5. The van der Waals surface area contributed by atoms with Gasteiger partial charge >= 0.3 is 0 Å². The molecule has 1 fully saturated rings. The third kappa shape index (κ3) is 3.54. The van der Waals surface area contributed by atoms with Gasteiger partial charge in [-0.3, -0.25) is 4.79 Å². The lowest BCUT2D eigenvalue weighted by molar-refractivity contribution is 0.0682. The number of nitrogens with one attached hydrogen (secondary N) is 1. The molecule has 1 aliphatic heterocycles. The van der Waals surface area contributed by atoms with Crippen molar-refractivity contribution in [2.24, 2.45) is 5.92 Å². The molecule has 2 heterocycles. The molecule has 2 atom stereocenters. The van der Waals surface area contributed by atoms with Crippen molar-refractivity contribution >= 4 is 5.91 Å². The van der Waals surface area contributed by atoms with Crippen molar-refractivity contribution in [2.45, 2.75) is 32.4 Å². The van der Waals surface area contributed by atoms with Crippen LogP contribution in [0, 0.1) is 5.92 Å². The van der Waals surface area contributed by atoms with Gasteiger partial charge < -0.3 is 19.3 Å². The van der Waals surface area contributed by atoms with Crippen LogP contribution in [-0.2, 0) is 15.9 Å². The second kappa shape index (κ2) is 6.16. The molecule has 6 heteroatoms. The van der Waals surface area contributed by atoms with Crippen LogP contribution in [0.3, 0.4) is 0 Å². The van der Waals surface area contributed by atoms with Crippen LogP contribution in [0.25, 0.3) is 0 Å². The van der Waals surface area contributed by atoms with E-state index in [0.717, 1.165) is 12.2 Å². The molecule has 1 aliphatic rings. The lowest BCUT2D eigenvalue weighted by Crippen LogP contribution is -2.43. The smallest absolute Gasteiger partial charge is 0.273 e. The first-order valence-corrected chi connectivity index (χ1v) is 6.47. The Morgan fingerprint density at radius 3 is 3.05 bits per heavy atom. The van der Waals surface area contributed by atoms with E-state index in [1.54, 1.807) is 13.2 Å². The molecule has 1 amide bonds. The molecule has 6 nitrogen and oxygen atoms in total. The normalized spacial score (nSPS) is 22.9. The summed E-state index contributed by atoms with van der Waals surface area (Å²) in [5, 5.41) is 6.64. The first-order chi connectivity index (χ1) is 9.10. The van der Waals surface area contributed by atoms with Gasteiger partial charge in [0.2, 0.25) is 0 Å². The highest BCUT2D eigenvalue weighted by Crippen LogP contribution is 2.12. The number of amides is 1. The Bertz CT molecular complexity index is 430. The minimum Gasteiger partial charge on any atom is -0.377 e. The molecule has 1 saturated heterocycles. The number of hydrogen-bond donors (Lipinski definition) is 1. The third-order valence-electron chi connectivity index (χ3n) is 3.05. The summed E-state index contributed by atoms with van der Waals surface area (Å²) in [6, 6.07) is 1.55. The van der Waals surface area contributed by atoms with Crippen molar-refractivity contribution in [3.05, 3.63) is 17.5 Å². The minimum atomic E-state index is -0.253. The topological polar surface area (TPSA) is 73.6 Å². The van der Waals surface area contributed by atoms with E-state index in [1.807, 2.05) is 0 Å². The molecule has 1 aromatic rings. The molecule has 2 rings (SSSR count). The molecule has 19 heavy (non-hydrogen) atoms.